The third kappa shape index (κ3) is 3.33. The molecule has 1 atom stereocenters. The molecule has 0 aliphatic carbocycles. The lowest BCUT2D eigenvalue weighted by Gasteiger charge is -2.18. The molecule has 1 unspecified atom stereocenters. The minimum atomic E-state index is -0.330. The van der Waals surface area contributed by atoms with Gasteiger partial charge in [-0.05, 0) is 60.0 Å². The predicted octanol–water partition coefficient (Wildman–Crippen LogP) is 0.926. The SMILES string of the molecule is Cc1nnnn1C(=Cc1ccc(F)cc1)C(=O)N1CCC(CN)C1. The van der Waals surface area contributed by atoms with E-state index in [9.17, 15) is 9.18 Å². The molecule has 2 N–H and O–H groups in total. The first-order valence-electron chi connectivity index (χ1n) is 7.80. The minimum absolute atomic E-state index is 0.161. The number of halogens is 1. The molecular formula is C16H19FN6O. The van der Waals surface area contributed by atoms with Gasteiger partial charge >= 0.3 is 0 Å². The molecule has 1 fully saturated rings. The summed E-state index contributed by atoms with van der Waals surface area (Å²) in [5.74, 6) is 0.330. The van der Waals surface area contributed by atoms with Crippen molar-refractivity contribution in [3.05, 3.63) is 41.5 Å². The Balaban J connectivity index is 1.95. The van der Waals surface area contributed by atoms with Gasteiger partial charge in [0.15, 0.2) is 5.82 Å². The summed E-state index contributed by atoms with van der Waals surface area (Å²) in [7, 11) is 0. The second-order valence-electron chi connectivity index (χ2n) is 5.86. The third-order valence-corrected chi connectivity index (χ3v) is 4.15. The number of aryl methyl sites for hydroxylation is 1. The van der Waals surface area contributed by atoms with Gasteiger partial charge in [-0.2, -0.15) is 4.68 Å². The van der Waals surface area contributed by atoms with Gasteiger partial charge in [-0.3, -0.25) is 4.79 Å². The van der Waals surface area contributed by atoms with E-state index in [1.54, 1.807) is 30.0 Å². The summed E-state index contributed by atoms with van der Waals surface area (Å²) in [6.45, 7) is 3.56. The summed E-state index contributed by atoms with van der Waals surface area (Å²) in [5.41, 5.74) is 6.74. The van der Waals surface area contributed by atoms with E-state index >= 15 is 0 Å². The number of hydrogen-bond donors (Lipinski definition) is 1. The molecule has 126 valence electrons. The zero-order chi connectivity index (χ0) is 17.1. The summed E-state index contributed by atoms with van der Waals surface area (Å²) in [6, 6.07) is 5.91. The Morgan fingerprint density at radius 3 is 2.75 bits per heavy atom. The van der Waals surface area contributed by atoms with E-state index < -0.39 is 0 Å². The average molecular weight is 330 g/mol. The van der Waals surface area contributed by atoms with E-state index in [2.05, 4.69) is 15.5 Å². The first kappa shape index (κ1) is 16.3. The number of carbonyl (C=O) groups is 1. The summed E-state index contributed by atoms with van der Waals surface area (Å²) in [6.07, 6.45) is 2.56. The molecular weight excluding hydrogens is 311 g/mol. The number of carbonyl (C=O) groups excluding carboxylic acids is 1. The van der Waals surface area contributed by atoms with Gasteiger partial charge < -0.3 is 10.6 Å². The summed E-state index contributed by atoms with van der Waals surface area (Å²) in [5, 5.41) is 11.4. The molecule has 0 radical (unpaired) electrons. The molecule has 1 aliphatic rings. The smallest absolute Gasteiger partial charge is 0.272 e. The number of aromatic nitrogens is 4. The van der Waals surface area contributed by atoms with Crippen molar-refractivity contribution in [2.75, 3.05) is 19.6 Å². The molecule has 3 rings (SSSR count). The Morgan fingerprint density at radius 1 is 1.42 bits per heavy atom. The van der Waals surface area contributed by atoms with Crippen LogP contribution in [0.3, 0.4) is 0 Å². The lowest BCUT2D eigenvalue weighted by molar-refractivity contribution is -0.124. The lowest BCUT2D eigenvalue weighted by atomic mass is 10.1. The molecule has 1 aliphatic heterocycles. The van der Waals surface area contributed by atoms with Crippen LogP contribution in [0.15, 0.2) is 24.3 Å². The van der Waals surface area contributed by atoms with E-state index in [1.165, 1.54) is 16.8 Å². The summed E-state index contributed by atoms with van der Waals surface area (Å²) >= 11 is 0. The zero-order valence-corrected chi connectivity index (χ0v) is 13.4. The summed E-state index contributed by atoms with van der Waals surface area (Å²) < 4.78 is 14.5. The number of nitrogens with zero attached hydrogens (tertiary/aromatic N) is 5. The van der Waals surface area contributed by atoms with Gasteiger partial charge in [-0.25, -0.2) is 4.39 Å². The fourth-order valence-electron chi connectivity index (χ4n) is 2.76. The van der Waals surface area contributed by atoms with Crippen LogP contribution in [0.2, 0.25) is 0 Å². The quantitative estimate of drug-likeness (QED) is 0.842. The standard InChI is InChI=1S/C16H19FN6O/c1-11-19-20-21-23(11)15(8-12-2-4-14(17)5-3-12)16(24)22-7-6-13(9-18)10-22/h2-5,8,13H,6-7,9-10,18H2,1H3. The fourth-order valence-corrected chi connectivity index (χ4v) is 2.76. The third-order valence-electron chi connectivity index (χ3n) is 4.15. The maximum absolute atomic E-state index is 13.1. The first-order valence-corrected chi connectivity index (χ1v) is 7.80. The van der Waals surface area contributed by atoms with Crippen LogP contribution < -0.4 is 5.73 Å². The molecule has 7 nitrogen and oxygen atoms in total. The van der Waals surface area contributed by atoms with E-state index in [0.29, 0.717) is 42.6 Å². The number of rotatable bonds is 4. The van der Waals surface area contributed by atoms with Crippen molar-refractivity contribution in [3.63, 3.8) is 0 Å². The topological polar surface area (TPSA) is 89.9 Å². The molecule has 1 amide bonds. The molecule has 8 heteroatoms. The van der Waals surface area contributed by atoms with Crippen LogP contribution in [0.1, 0.15) is 17.8 Å². The molecule has 1 aromatic heterocycles. The molecule has 2 aromatic rings. The van der Waals surface area contributed by atoms with Gasteiger partial charge in [0.05, 0.1) is 0 Å². The molecule has 0 bridgehead atoms. The Labute approximate surface area is 138 Å². The number of hydrogen-bond acceptors (Lipinski definition) is 5. The minimum Gasteiger partial charge on any atom is -0.337 e. The monoisotopic (exact) mass is 330 g/mol. The Bertz CT molecular complexity index is 754. The molecule has 24 heavy (non-hydrogen) atoms. The van der Waals surface area contributed by atoms with E-state index in [1.807, 2.05) is 0 Å². The molecule has 1 saturated heterocycles. The Hall–Kier alpha value is -2.61. The van der Waals surface area contributed by atoms with E-state index in [0.717, 1.165) is 6.42 Å². The van der Waals surface area contributed by atoms with Gasteiger partial charge in [-0.15, -0.1) is 5.10 Å². The number of likely N-dealkylation sites (tertiary alicyclic amines) is 1. The number of tetrazole rings is 1. The van der Waals surface area contributed by atoms with Crippen molar-refractivity contribution >= 4 is 17.7 Å². The van der Waals surface area contributed by atoms with Crippen LogP contribution in [0.4, 0.5) is 4.39 Å². The van der Waals surface area contributed by atoms with Crippen LogP contribution in [0, 0.1) is 18.7 Å². The largest absolute Gasteiger partial charge is 0.337 e. The van der Waals surface area contributed by atoms with Crippen LogP contribution >= 0.6 is 0 Å². The van der Waals surface area contributed by atoms with Crippen LogP contribution in [-0.4, -0.2) is 50.6 Å². The van der Waals surface area contributed by atoms with Crippen molar-refractivity contribution in [3.8, 4) is 0 Å². The van der Waals surface area contributed by atoms with Gasteiger partial charge in [-0.1, -0.05) is 12.1 Å². The number of nitrogens with two attached hydrogens (primary N) is 1. The Kier molecular flexibility index (Phi) is 4.66. The van der Waals surface area contributed by atoms with Crippen molar-refractivity contribution in [1.29, 1.82) is 0 Å². The molecule has 0 saturated carbocycles. The van der Waals surface area contributed by atoms with Gasteiger partial charge in [0.25, 0.3) is 5.91 Å². The lowest BCUT2D eigenvalue weighted by Crippen LogP contribution is -2.32. The highest BCUT2D eigenvalue weighted by atomic mass is 19.1. The highest BCUT2D eigenvalue weighted by Crippen LogP contribution is 2.21. The van der Waals surface area contributed by atoms with Gasteiger partial charge in [0.1, 0.15) is 11.5 Å². The first-order chi connectivity index (χ1) is 11.6. The maximum atomic E-state index is 13.1. The van der Waals surface area contributed by atoms with Crippen LogP contribution in [0.25, 0.3) is 11.8 Å². The zero-order valence-electron chi connectivity index (χ0n) is 13.4. The average Bonchev–Trinajstić information content (AvgIpc) is 3.22. The van der Waals surface area contributed by atoms with Crippen molar-refractivity contribution < 1.29 is 9.18 Å². The normalized spacial score (nSPS) is 18.2. The molecule has 1 aromatic carbocycles. The highest BCUT2D eigenvalue weighted by Gasteiger charge is 2.29. The summed E-state index contributed by atoms with van der Waals surface area (Å²) in [4.78, 5) is 14.7. The molecule has 0 spiro atoms. The van der Waals surface area contributed by atoms with Crippen LogP contribution in [0.5, 0.6) is 0 Å². The Morgan fingerprint density at radius 2 is 2.17 bits per heavy atom. The molecule has 2 heterocycles. The maximum Gasteiger partial charge on any atom is 0.272 e. The second-order valence-corrected chi connectivity index (χ2v) is 5.86. The number of amides is 1. The van der Waals surface area contributed by atoms with Crippen molar-refractivity contribution in [1.82, 2.24) is 25.1 Å². The highest BCUT2D eigenvalue weighted by molar-refractivity contribution is 6.18. The van der Waals surface area contributed by atoms with E-state index in [-0.39, 0.29) is 11.7 Å². The van der Waals surface area contributed by atoms with Crippen molar-refractivity contribution in [2.45, 2.75) is 13.3 Å². The fraction of sp³-hybridized carbons (Fsp3) is 0.375. The predicted molar refractivity (Wildman–Crippen MR) is 86.9 cm³/mol. The van der Waals surface area contributed by atoms with Gasteiger partial charge in [0.2, 0.25) is 0 Å². The van der Waals surface area contributed by atoms with Crippen molar-refractivity contribution in [2.24, 2.45) is 11.7 Å². The van der Waals surface area contributed by atoms with E-state index in [4.69, 9.17) is 5.73 Å². The van der Waals surface area contributed by atoms with Gasteiger partial charge in [0, 0.05) is 13.1 Å². The number of benzene rings is 1. The second kappa shape index (κ2) is 6.88. The van der Waals surface area contributed by atoms with Crippen LogP contribution in [-0.2, 0) is 4.79 Å².